The number of aromatic amines is 1. The topological polar surface area (TPSA) is 90.4 Å². The van der Waals surface area contributed by atoms with E-state index in [0.29, 0.717) is 5.57 Å². The fourth-order valence-corrected chi connectivity index (χ4v) is 2.72. The summed E-state index contributed by atoms with van der Waals surface area (Å²) in [5, 5.41) is 19.7. The summed E-state index contributed by atoms with van der Waals surface area (Å²) < 4.78 is 0. The Labute approximate surface area is 126 Å². The van der Waals surface area contributed by atoms with Gasteiger partial charge in [-0.1, -0.05) is 18.2 Å². The van der Waals surface area contributed by atoms with Crippen LogP contribution in [-0.2, 0) is 9.59 Å². The molecule has 5 nitrogen and oxygen atoms in total. The molecule has 0 spiro atoms. The maximum atomic E-state index is 11.6. The van der Waals surface area contributed by atoms with Crippen LogP contribution in [0.25, 0.3) is 16.5 Å². The van der Waals surface area contributed by atoms with E-state index in [0.717, 1.165) is 16.5 Å². The Morgan fingerprint density at radius 3 is 2.68 bits per heavy atom. The van der Waals surface area contributed by atoms with Gasteiger partial charge in [-0.15, -0.1) is 0 Å². The quantitative estimate of drug-likeness (QED) is 0.812. The standard InChI is InChI=1S/C17H15NO4/c1-17(16(21)22)6-4-12(13(9-17)15(19)20)10-2-3-14-11(8-10)5-7-18-14/h2-8,18H,9H2,1H3,(H,19,20)(H,21,22). The van der Waals surface area contributed by atoms with E-state index in [4.69, 9.17) is 0 Å². The SMILES string of the molecule is CC1(C(=O)O)C=CC(c2ccc3[nH]ccc3c2)=C(C(=O)O)C1. The molecule has 1 aliphatic rings. The van der Waals surface area contributed by atoms with Crippen LogP contribution in [0.1, 0.15) is 18.9 Å². The van der Waals surface area contributed by atoms with Crippen molar-refractivity contribution in [3.8, 4) is 0 Å². The first kappa shape index (κ1) is 14.1. The van der Waals surface area contributed by atoms with Crippen LogP contribution in [-0.4, -0.2) is 27.1 Å². The largest absolute Gasteiger partial charge is 0.481 e. The first-order valence-corrected chi connectivity index (χ1v) is 6.87. The predicted molar refractivity (Wildman–Crippen MR) is 82.4 cm³/mol. The van der Waals surface area contributed by atoms with Gasteiger partial charge in [-0.25, -0.2) is 4.79 Å². The summed E-state index contributed by atoms with van der Waals surface area (Å²) in [5.41, 5.74) is 1.25. The molecule has 3 N–H and O–H groups in total. The number of aromatic nitrogens is 1. The van der Waals surface area contributed by atoms with E-state index in [9.17, 15) is 19.8 Å². The summed E-state index contributed by atoms with van der Waals surface area (Å²) in [6, 6.07) is 7.53. The molecule has 1 aromatic heterocycles. The van der Waals surface area contributed by atoms with Crippen molar-refractivity contribution in [1.82, 2.24) is 4.98 Å². The zero-order valence-corrected chi connectivity index (χ0v) is 12.0. The van der Waals surface area contributed by atoms with E-state index in [2.05, 4.69) is 4.98 Å². The Morgan fingerprint density at radius 1 is 1.23 bits per heavy atom. The van der Waals surface area contributed by atoms with Gasteiger partial charge in [0.15, 0.2) is 0 Å². The molecule has 2 aromatic rings. The molecule has 5 heteroatoms. The van der Waals surface area contributed by atoms with Gasteiger partial charge in [-0.2, -0.15) is 0 Å². The van der Waals surface area contributed by atoms with Crippen LogP contribution in [0, 0.1) is 5.41 Å². The molecule has 0 amide bonds. The fourth-order valence-electron chi connectivity index (χ4n) is 2.72. The third-order valence-electron chi connectivity index (χ3n) is 4.10. The minimum Gasteiger partial charge on any atom is -0.481 e. The van der Waals surface area contributed by atoms with Gasteiger partial charge >= 0.3 is 11.9 Å². The molecule has 0 fully saturated rings. The van der Waals surface area contributed by atoms with Crippen molar-refractivity contribution in [1.29, 1.82) is 0 Å². The van der Waals surface area contributed by atoms with Crippen LogP contribution < -0.4 is 0 Å². The molecule has 1 atom stereocenters. The van der Waals surface area contributed by atoms with Gasteiger partial charge in [-0.3, -0.25) is 4.79 Å². The number of hydrogen-bond acceptors (Lipinski definition) is 2. The number of fused-ring (bicyclic) bond motifs is 1. The molecular weight excluding hydrogens is 282 g/mol. The van der Waals surface area contributed by atoms with Gasteiger partial charge in [0.25, 0.3) is 0 Å². The monoisotopic (exact) mass is 297 g/mol. The zero-order chi connectivity index (χ0) is 15.9. The number of benzene rings is 1. The van der Waals surface area contributed by atoms with Crippen molar-refractivity contribution in [2.75, 3.05) is 0 Å². The van der Waals surface area contributed by atoms with E-state index in [-0.39, 0.29) is 12.0 Å². The van der Waals surface area contributed by atoms with E-state index in [1.807, 2.05) is 30.5 Å². The van der Waals surface area contributed by atoms with Gasteiger partial charge in [-0.05, 0) is 48.1 Å². The van der Waals surface area contributed by atoms with Crippen molar-refractivity contribution in [3.05, 3.63) is 53.8 Å². The Kier molecular flexibility index (Phi) is 3.13. The summed E-state index contributed by atoms with van der Waals surface area (Å²) in [6.45, 7) is 1.53. The number of nitrogens with one attached hydrogen (secondary N) is 1. The molecule has 0 bridgehead atoms. The summed E-state index contributed by atoms with van der Waals surface area (Å²) in [4.78, 5) is 26.0. The molecule has 1 unspecified atom stereocenters. The van der Waals surface area contributed by atoms with Crippen LogP contribution in [0.3, 0.4) is 0 Å². The number of H-pyrrole nitrogens is 1. The van der Waals surface area contributed by atoms with E-state index >= 15 is 0 Å². The number of aliphatic carboxylic acids is 2. The number of carboxylic acids is 2. The van der Waals surface area contributed by atoms with Crippen molar-refractivity contribution in [2.45, 2.75) is 13.3 Å². The molecular formula is C17H15NO4. The van der Waals surface area contributed by atoms with Gasteiger partial charge in [0, 0.05) is 17.3 Å². The van der Waals surface area contributed by atoms with Crippen LogP contribution in [0.2, 0.25) is 0 Å². The van der Waals surface area contributed by atoms with E-state index in [1.54, 1.807) is 12.2 Å². The van der Waals surface area contributed by atoms with Gasteiger partial charge in [0.05, 0.1) is 5.41 Å². The third-order valence-corrected chi connectivity index (χ3v) is 4.10. The highest BCUT2D eigenvalue weighted by Gasteiger charge is 2.36. The molecule has 0 aliphatic heterocycles. The average molecular weight is 297 g/mol. The molecule has 0 saturated heterocycles. The average Bonchev–Trinajstić information content (AvgIpc) is 2.94. The van der Waals surface area contributed by atoms with Crippen molar-refractivity contribution in [3.63, 3.8) is 0 Å². The zero-order valence-electron chi connectivity index (χ0n) is 12.0. The van der Waals surface area contributed by atoms with Crippen LogP contribution >= 0.6 is 0 Å². The first-order chi connectivity index (χ1) is 10.4. The number of carbonyl (C=O) groups is 2. The van der Waals surface area contributed by atoms with Gasteiger partial charge in [0.1, 0.15) is 0 Å². The molecule has 0 radical (unpaired) electrons. The smallest absolute Gasteiger partial charge is 0.332 e. The minimum atomic E-state index is -1.19. The second-order valence-electron chi connectivity index (χ2n) is 5.71. The maximum absolute atomic E-state index is 11.6. The van der Waals surface area contributed by atoms with Crippen LogP contribution in [0.15, 0.2) is 48.2 Å². The maximum Gasteiger partial charge on any atom is 0.332 e. The lowest BCUT2D eigenvalue weighted by atomic mass is 9.76. The lowest BCUT2D eigenvalue weighted by Gasteiger charge is -2.26. The van der Waals surface area contributed by atoms with E-state index < -0.39 is 17.4 Å². The van der Waals surface area contributed by atoms with E-state index in [1.165, 1.54) is 6.92 Å². The minimum absolute atomic E-state index is 0.0331. The first-order valence-electron chi connectivity index (χ1n) is 6.87. The van der Waals surface area contributed by atoms with Crippen molar-refractivity contribution in [2.24, 2.45) is 5.41 Å². The lowest BCUT2D eigenvalue weighted by molar-refractivity contribution is -0.145. The fraction of sp³-hybridized carbons (Fsp3) is 0.176. The number of allylic oxidation sites excluding steroid dienone is 2. The highest BCUT2D eigenvalue weighted by Crippen LogP contribution is 2.38. The molecule has 0 saturated carbocycles. The summed E-state index contributed by atoms with van der Waals surface area (Å²) in [6.07, 6.45) is 4.96. The Bertz CT molecular complexity index is 843. The Morgan fingerprint density at radius 2 is 2.00 bits per heavy atom. The highest BCUT2D eigenvalue weighted by atomic mass is 16.4. The van der Waals surface area contributed by atoms with Crippen LogP contribution in [0.5, 0.6) is 0 Å². The Hall–Kier alpha value is -2.82. The highest BCUT2D eigenvalue weighted by molar-refractivity contribution is 6.02. The Balaban J connectivity index is 2.12. The molecule has 22 heavy (non-hydrogen) atoms. The lowest BCUT2D eigenvalue weighted by Crippen LogP contribution is -2.29. The molecule has 3 rings (SSSR count). The summed E-state index contributed by atoms with van der Waals surface area (Å²) in [7, 11) is 0. The summed E-state index contributed by atoms with van der Waals surface area (Å²) >= 11 is 0. The molecule has 1 heterocycles. The number of rotatable bonds is 3. The third kappa shape index (κ3) is 2.20. The molecule has 1 aromatic carbocycles. The second kappa shape index (κ2) is 4.87. The molecule has 1 aliphatic carbocycles. The van der Waals surface area contributed by atoms with Crippen LogP contribution in [0.4, 0.5) is 0 Å². The number of hydrogen-bond donors (Lipinski definition) is 3. The predicted octanol–water partition coefficient (Wildman–Crippen LogP) is 3.06. The van der Waals surface area contributed by atoms with Gasteiger partial charge < -0.3 is 15.2 Å². The van der Waals surface area contributed by atoms with Gasteiger partial charge in [0.2, 0.25) is 0 Å². The number of carboxylic acid groups (broad SMARTS) is 2. The second-order valence-corrected chi connectivity index (χ2v) is 5.71. The normalized spacial score (nSPS) is 21.3. The molecule has 112 valence electrons. The summed E-state index contributed by atoms with van der Waals surface area (Å²) in [5.74, 6) is -2.11. The van der Waals surface area contributed by atoms with Crippen molar-refractivity contribution >= 4 is 28.4 Å². The van der Waals surface area contributed by atoms with Crippen molar-refractivity contribution < 1.29 is 19.8 Å².